The summed E-state index contributed by atoms with van der Waals surface area (Å²) in [4.78, 5) is 39.8. The Bertz CT molecular complexity index is 865. The lowest BCUT2D eigenvalue weighted by Crippen LogP contribution is -2.35. The van der Waals surface area contributed by atoms with Crippen LogP contribution in [-0.4, -0.2) is 42.9 Å². The summed E-state index contributed by atoms with van der Waals surface area (Å²) >= 11 is 5.91. The molecule has 0 N–H and O–H groups in total. The molecule has 0 spiro atoms. The van der Waals surface area contributed by atoms with E-state index in [1.165, 1.54) is 12.0 Å². The van der Waals surface area contributed by atoms with Crippen LogP contribution in [0.25, 0.3) is 0 Å². The number of carbonyl (C=O) groups excluding carboxylic acids is 3. The summed E-state index contributed by atoms with van der Waals surface area (Å²) in [5.74, 6) is -0.699. The van der Waals surface area contributed by atoms with E-state index in [2.05, 4.69) is 0 Å². The first-order chi connectivity index (χ1) is 13.5. The summed E-state index contributed by atoms with van der Waals surface area (Å²) in [5.41, 5.74) is 2.06. The van der Waals surface area contributed by atoms with Gasteiger partial charge in [-0.2, -0.15) is 0 Å². The van der Waals surface area contributed by atoms with Crippen molar-refractivity contribution in [1.82, 2.24) is 4.90 Å². The Kier molecular flexibility index (Phi) is 6.31. The number of hydrogen-bond acceptors (Lipinski definition) is 4. The molecule has 0 bridgehead atoms. The smallest absolute Gasteiger partial charge is 0.325 e. The van der Waals surface area contributed by atoms with Crippen LogP contribution < -0.4 is 4.90 Å². The molecule has 2 aromatic rings. The number of carbonyl (C=O) groups is 3. The van der Waals surface area contributed by atoms with Gasteiger partial charge in [-0.25, -0.2) is 0 Å². The van der Waals surface area contributed by atoms with Crippen LogP contribution in [0.5, 0.6) is 0 Å². The SMILES string of the molecule is COC(=O)CN(Cc1ccc(Cl)cc1)C(=O)c1ccc(N2CCCC2=O)cc1. The van der Waals surface area contributed by atoms with E-state index in [4.69, 9.17) is 16.3 Å². The van der Waals surface area contributed by atoms with Crippen LogP contribution in [0.2, 0.25) is 5.02 Å². The van der Waals surface area contributed by atoms with E-state index in [0.717, 1.165) is 17.7 Å². The monoisotopic (exact) mass is 400 g/mol. The summed E-state index contributed by atoms with van der Waals surface area (Å²) in [6.45, 7) is 0.777. The fraction of sp³-hybridized carbons (Fsp3) is 0.286. The van der Waals surface area contributed by atoms with Crippen LogP contribution in [-0.2, 0) is 20.9 Å². The second kappa shape index (κ2) is 8.89. The van der Waals surface area contributed by atoms with Gasteiger partial charge in [0.15, 0.2) is 0 Å². The molecule has 0 saturated carbocycles. The lowest BCUT2D eigenvalue weighted by atomic mass is 10.1. The van der Waals surface area contributed by atoms with Gasteiger partial charge in [0, 0.05) is 35.8 Å². The Morgan fingerprint density at radius 3 is 2.36 bits per heavy atom. The van der Waals surface area contributed by atoms with Crippen molar-refractivity contribution in [3.8, 4) is 0 Å². The number of rotatable bonds is 6. The summed E-state index contributed by atoms with van der Waals surface area (Å²) in [7, 11) is 1.29. The molecule has 0 atom stereocenters. The number of halogens is 1. The van der Waals surface area contributed by atoms with Gasteiger partial charge in [-0.3, -0.25) is 14.4 Å². The second-order valence-electron chi connectivity index (χ2n) is 6.56. The number of esters is 1. The molecular weight excluding hydrogens is 380 g/mol. The van der Waals surface area contributed by atoms with E-state index >= 15 is 0 Å². The van der Waals surface area contributed by atoms with Crippen molar-refractivity contribution in [1.29, 1.82) is 0 Å². The standard InChI is InChI=1S/C21H21ClN2O4/c1-28-20(26)14-23(13-15-4-8-17(22)9-5-15)21(27)16-6-10-18(11-7-16)24-12-2-3-19(24)25/h4-11H,2-3,12-14H2,1H3. The minimum absolute atomic E-state index is 0.0918. The van der Waals surface area contributed by atoms with Gasteiger partial charge >= 0.3 is 5.97 Å². The molecule has 3 rings (SSSR count). The third-order valence-electron chi connectivity index (χ3n) is 4.62. The van der Waals surface area contributed by atoms with E-state index < -0.39 is 5.97 Å². The topological polar surface area (TPSA) is 66.9 Å². The maximum absolute atomic E-state index is 13.0. The summed E-state index contributed by atoms with van der Waals surface area (Å²) in [6.07, 6.45) is 1.39. The maximum Gasteiger partial charge on any atom is 0.325 e. The van der Waals surface area contributed by atoms with Crippen molar-refractivity contribution in [3.05, 3.63) is 64.7 Å². The van der Waals surface area contributed by atoms with Crippen molar-refractivity contribution < 1.29 is 19.1 Å². The van der Waals surface area contributed by atoms with Gasteiger partial charge < -0.3 is 14.5 Å². The number of hydrogen-bond donors (Lipinski definition) is 0. The fourth-order valence-corrected chi connectivity index (χ4v) is 3.24. The van der Waals surface area contributed by atoms with Crippen LogP contribution in [0, 0.1) is 0 Å². The van der Waals surface area contributed by atoms with Gasteiger partial charge in [0.2, 0.25) is 5.91 Å². The molecule has 0 aliphatic carbocycles. The van der Waals surface area contributed by atoms with E-state index in [1.54, 1.807) is 41.3 Å². The van der Waals surface area contributed by atoms with Gasteiger partial charge in [0.25, 0.3) is 5.91 Å². The Morgan fingerprint density at radius 1 is 1.11 bits per heavy atom. The number of benzene rings is 2. The van der Waals surface area contributed by atoms with Crippen LogP contribution in [0.1, 0.15) is 28.8 Å². The molecule has 1 aliphatic heterocycles. The van der Waals surface area contributed by atoms with E-state index in [0.29, 0.717) is 23.6 Å². The highest BCUT2D eigenvalue weighted by Crippen LogP contribution is 2.22. The molecule has 6 nitrogen and oxygen atoms in total. The number of amides is 2. The third-order valence-corrected chi connectivity index (χ3v) is 4.87. The zero-order valence-electron chi connectivity index (χ0n) is 15.6. The molecule has 1 heterocycles. The largest absolute Gasteiger partial charge is 0.468 e. The van der Waals surface area contributed by atoms with E-state index in [-0.39, 0.29) is 24.9 Å². The minimum atomic E-state index is -0.499. The molecule has 2 amide bonds. The molecule has 0 aromatic heterocycles. The normalized spacial score (nSPS) is 13.5. The quantitative estimate of drug-likeness (QED) is 0.698. The Balaban J connectivity index is 1.78. The molecular formula is C21H21ClN2O4. The highest BCUT2D eigenvalue weighted by molar-refractivity contribution is 6.30. The van der Waals surface area contributed by atoms with Crippen molar-refractivity contribution in [3.63, 3.8) is 0 Å². The average Bonchev–Trinajstić information content (AvgIpc) is 3.14. The van der Waals surface area contributed by atoms with Crippen LogP contribution in [0.3, 0.4) is 0 Å². The van der Waals surface area contributed by atoms with Crippen molar-refractivity contribution in [2.45, 2.75) is 19.4 Å². The van der Waals surface area contributed by atoms with Crippen molar-refractivity contribution >= 4 is 35.1 Å². The highest BCUT2D eigenvalue weighted by atomic mass is 35.5. The fourth-order valence-electron chi connectivity index (χ4n) is 3.12. The Hall–Kier alpha value is -2.86. The minimum Gasteiger partial charge on any atom is -0.468 e. The summed E-state index contributed by atoms with van der Waals surface area (Å²) in [5, 5.41) is 0.599. The lowest BCUT2D eigenvalue weighted by molar-refractivity contribution is -0.141. The first kappa shape index (κ1) is 19.9. The van der Waals surface area contributed by atoms with Gasteiger partial charge in [0.1, 0.15) is 6.54 Å². The molecule has 0 unspecified atom stereocenters. The van der Waals surface area contributed by atoms with Crippen molar-refractivity contribution in [2.24, 2.45) is 0 Å². The zero-order chi connectivity index (χ0) is 20.1. The Labute approximate surface area is 168 Å². The van der Waals surface area contributed by atoms with Gasteiger partial charge in [-0.05, 0) is 48.4 Å². The third kappa shape index (κ3) is 4.70. The van der Waals surface area contributed by atoms with Gasteiger partial charge in [0.05, 0.1) is 7.11 Å². The molecule has 2 aromatic carbocycles. The maximum atomic E-state index is 13.0. The average molecular weight is 401 g/mol. The number of ether oxygens (including phenoxy) is 1. The molecule has 7 heteroatoms. The number of methoxy groups -OCH3 is 1. The molecule has 0 radical (unpaired) electrons. The van der Waals surface area contributed by atoms with E-state index in [9.17, 15) is 14.4 Å². The predicted molar refractivity (Wildman–Crippen MR) is 106 cm³/mol. The molecule has 1 saturated heterocycles. The number of nitrogens with zero attached hydrogens (tertiary/aromatic N) is 2. The first-order valence-electron chi connectivity index (χ1n) is 8.99. The molecule has 1 aliphatic rings. The lowest BCUT2D eigenvalue weighted by Gasteiger charge is -2.22. The molecule has 146 valence electrons. The van der Waals surface area contributed by atoms with Crippen molar-refractivity contribution in [2.75, 3.05) is 25.1 Å². The second-order valence-corrected chi connectivity index (χ2v) is 7.00. The highest BCUT2D eigenvalue weighted by Gasteiger charge is 2.23. The van der Waals surface area contributed by atoms with Crippen LogP contribution in [0.4, 0.5) is 5.69 Å². The zero-order valence-corrected chi connectivity index (χ0v) is 16.3. The van der Waals surface area contributed by atoms with Crippen LogP contribution >= 0.6 is 11.6 Å². The van der Waals surface area contributed by atoms with Gasteiger partial charge in [-0.1, -0.05) is 23.7 Å². The van der Waals surface area contributed by atoms with E-state index in [1.807, 2.05) is 12.1 Å². The Morgan fingerprint density at radius 2 is 1.79 bits per heavy atom. The molecule has 28 heavy (non-hydrogen) atoms. The predicted octanol–water partition coefficient (Wildman–Crippen LogP) is 3.28. The van der Waals surface area contributed by atoms with Crippen LogP contribution in [0.15, 0.2) is 48.5 Å². The number of anilines is 1. The summed E-state index contributed by atoms with van der Waals surface area (Å²) in [6, 6.07) is 14.0. The van der Waals surface area contributed by atoms with Gasteiger partial charge in [-0.15, -0.1) is 0 Å². The summed E-state index contributed by atoms with van der Waals surface area (Å²) < 4.78 is 4.72. The molecule has 1 fully saturated rings. The first-order valence-corrected chi connectivity index (χ1v) is 9.36.